The number of aromatic nitrogens is 1. The van der Waals surface area contributed by atoms with Gasteiger partial charge in [0, 0.05) is 11.8 Å². The van der Waals surface area contributed by atoms with E-state index in [1.165, 1.54) is 11.6 Å². The fraction of sp³-hybridized carbons (Fsp3) is 0.312. The summed E-state index contributed by atoms with van der Waals surface area (Å²) in [4.78, 5) is 4.18. The zero-order chi connectivity index (χ0) is 13.9. The molecular weight excluding hydrogens is 255 g/mol. The lowest BCUT2D eigenvalue weighted by Gasteiger charge is -2.25. The molecule has 1 atom stereocenters. The highest BCUT2D eigenvalue weighted by atomic mass is 19.1. The van der Waals surface area contributed by atoms with E-state index < -0.39 is 0 Å². The number of fused-ring (bicyclic) bond motifs is 1. The van der Waals surface area contributed by atoms with Gasteiger partial charge >= 0.3 is 0 Å². The molecule has 1 aromatic heterocycles. The molecule has 104 valence electrons. The van der Waals surface area contributed by atoms with Crippen LogP contribution in [-0.2, 0) is 6.42 Å². The molecule has 3 rings (SSSR count). The van der Waals surface area contributed by atoms with Gasteiger partial charge in [0.1, 0.15) is 11.6 Å². The van der Waals surface area contributed by atoms with E-state index in [1.54, 1.807) is 19.3 Å². The Balaban J connectivity index is 2.09. The third-order valence-corrected chi connectivity index (χ3v) is 3.62. The number of pyridine rings is 1. The maximum absolute atomic E-state index is 14.0. The molecule has 1 unspecified atom stereocenters. The highest BCUT2D eigenvalue weighted by molar-refractivity contribution is 5.47. The average Bonchev–Trinajstić information content (AvgIpc) is 2.50. The van der Waals surface area contributed by atoms with Crippen molar-refractivity contribution >= 4 is 0 Å². The number of hydrogen-bond acceptors (Lipinski definition) is 3. The van der Waals surface area contributed by atoms with Crippen LogP contribution in [0.3, 0.4) is 0 Å². The quantitative estimate of drug-likeness (QED) is 0.933. The summed E-state index contributed by atoms with van der Waals surface area (Å²) in [6, 6.07) is 8.77. The maximum Gasteiger partial charge on any atom is 0.146 e. The van der Waals surface area contributed by atoms with Crippen LogP contribution in [0.2, 0.25) is 0 Å². The summed E-state index contributed by atoms with van der Waals surface area (Å²) in [5.41, 5.74) is 2.53. The Bertz CT molecular complexity index is 615. The summed E-state index contributed by atoms with van der Waals surface area (Å²) in [6.45, 7) is 0.713. The number of nitrogens with zero attached hydrogens (tertiary/aromatic N) is 1. The minimum Gasteiger partial charge on any atom is -0.493 e. The van der Waals surface area contributed by atoms with Crippen molar-refractivity contribution in [2.24, 2.45) is 0 Å². The molecular formula is C16H17FN2O. The van der Waals surface area contributed by atoms with Gasteiger partial charge in [-0.2, -0.15) is 0 Å². The molecule has 0 amide bonds. The van der Waals surface area contributed by atoms with E-state index in [1.807, 2.05) is 12.1 Å². The minimum atomic E-state index is -0.305. The molecule has 1 aliphatic rings. The second-order valence-corrected chi connectivity index (χ2v) is 4.88. The monoisotopic (exact) mass is 272 g/mol. The van der Waals surface area contributed by atoms with E-state index in [9.17, 15) is 4.39 Å². The number of benzene rings is 1. The number of ether oxygens (including phenoxy) is 1. The Morgan fingerprint density at radius 2 is 2.20 bits per heavy atom. The lowest BCUT2D eigenvalue weighted by molar-refractivity contribution is 0.283. The number of nitrogens with one attached hydrogen (secondary N) is 1. The van der Waals surface area contributed by atoms with Crippen LogP contribution in [0.25, 0.3) is 0 Å². The Labute approximate surface area is 117 Å². The first-order valence-corrected chi connectivity index (χ1v) is 6.83. The molecule has 0 fully saturated rings. The van der Waals surface area contributed by atoms with E-state index >= 15 is 0 Å². The van der Waals surface area contributed by atoms with Crippen LogP contribution >= 0.6 is 0 Å². The van der Waals surface area contributed by atoms with Gasteiger partial charge in [0.05, 0.1) is 18.3 Å². The molecule has 0 spiro atoms. The van der Waals surface area contributed by atoms with Crippen molar-refractivity contribution in [2.75, 3.05) is 13.7 Å². The number of hydrogen-bond donors (Lipinski definition) is 1. The fourth-order valence-corrected chi connectivity index (χ4v) is 2.69. The molecule has 2 heterocycles. The standard InChI is InChI=1S/C16H17FN2O/c1-18-14(15-13(17)8-3-9-19-15)12-7-2-5-11-6-4-10-20-16(11)12/h2-3,5,7-9,14,18H,4,6,10H2,1H3. The van der Waals surface area contributed by atoms with E-state index in [2.05, 4.69) is 16.4 Å². The minimum absolute atomic E-state index is 0.302. The van der Waals surface area contributed by atoms with Crippen LogP contribution in [0.4, 0.5) is 4.39 Å². The normalized spacial score (nSPS) is 15.3. The predicted octanol–water partition coefficient (Wildman–Crippen LogP) is 2.85. The number of para-hydroxylation sites is 1. The topological polar surface area (TPSA) is 34.1 Å². The van der Waals surface area contributed by atoms with Crippen LogP contribution in [0, 0.1) is 5.82 Å². The van der Waals surface area contributed by atoms with Crippen molar-refractivity contribution in [3.05, 3.63) is 59.2 Å². The van der Waals surface area contributed by atoms with Crippen molar-refractivity contribution in [1.29, 1.82) is 0 Å². The van der Waals surface area contributed by atoms with Gasteiger partial charge in [-0.15, -0.1) is 0 Å². The molecule has 0 saturated heterocycles. The molecule has 0 aliphatic carbocycles. The van der Waals surface area contributed by atoms with Gasteiger partial charge in [-0.3, -0.25) is 4.98 Å². The van der Waals surface area contributed by atoms with Gasteiger partial charge in [0.2, 0.25) is 0 Å². The Morgan fingerprint density at radius 1 is 1.30 bits per heavy atom. The van der Waals surface area contributed by atoms with Crippen LogP contribution in [0.1, 0.15) is 29.3 Å². The second-order valence-electron chi connectivity index (χ2n) is 4.88. The summed E-state index contributed by atoms with van der Waals surface area (Å²) < 4.78 is 19.8. The highest BCUT2D eigenvalue weighted by Crippen LogP contribution is 2.35. The smallest absolute Gasteiger partial charge is 0.146 e. The van der Waals surface area contributed by atoms with E-state index in [4.69, 9.17) is 4.74 Å². The van der Waals surface area contributed by atoms with Crippen molar-refractivity contribution in [3.63, 3.8) is 0 Å². The average molecular weight is 272 g/mol. The van der Waals surface area contributed by atoms with Crippen molar-refractivity contribution in [3.8, 4) is 5.75 Å². The number of aryl methyl sites for hydroxylation is 1. The van der Waals surface area contributed by atoms with Crippen LogP contribution in [-0.4, -0.2) is 18.6 Å². The summed E-state index contributed by atoms with van der Waals surface area (Å²) in [5, 5.41) is 3.14. The van der Waals surface area contributed by atoms with Gasteiger partial charge in [-0.25, -0.2) is 4.39 Å². The second kappa shape index (κ2) is 5.59. The molecule has 1 aliphatic heterocycles. The predicted molar refractivity (Wildman–Crippen MR) is 75.4 cm³/mol. The summed E-state index contributed by atoms with van der Waals surface area (Å²) >= 11 is 0. The number of halogens is 1. The first-order chi connectivity index (χ1) is 9.81. The fourth-order valence-electron chi connectivity index (χ4n) is 2.69. The first-order valence-electron chi connectivity index (χ1n) is 6.83. The van der Waals surface area contributed by atoms with Gasteiger partial charge in [0.15, 0.2) is 0 Å². The van der Waals surface area contributed by atoms with Crippen LogP contribution in [0.5, 0.6) is 5.75 Å². The summed E-state index contributed by atoms with van der Waals surface area (Å²) in [7, 11) is 1.81. The zero-order valence-electron chi connectivity index (χ0n) is 11.4. The largest absolute Gasteiger partial charge is 0.493 e. The van der Waals surface area contributed by atoms with E-state index in [-0.39, 0.29) is 11.9 Å². The first kappa shape index (κ1) is 13.1. The third-order valence-electron chi connectivity index (χ3n) is 3.62. The maximum atomic E-state index is 14.0. The molecule has 1 aromatic carbocycles. The Hall–Kier alpha value is -1.94. The van der Waals surface area contributed by atoms with Gasteiger partial charge in [-0.1, -0.05) is 18.2 Å². The highest BCUT2D eigenvalue weighted by Gasteiger charge is 2.24. The molecule has 0 saturated carbocycles. The van der Waals surface area contributed by atoms with Gasteiger partial charge in [0.25, 0.3) is 0 Å². The zero-order valence-corrected chi connectivity index (χ0v) is 11.4. The van der Waals surface area contributed by atoms with Crippen LogP contribution in [0.15, 0.2) is 36.5 Å². The van der Waals surface area contributed by atoms with E-state index in [0.717, 1.165) is 24.2 Å². The molecule has 3 nitrogen and oxygen atoms in total. The lowest BCUT2D eigenvalue weighted by atomic mass is 9.96. The lowest BCUT2D eigenvalue weighted by Crippen LogP contribution is -2.22. The third kappa shape index (κ3) is 2.27. The Kier molecular flexibility index (Phi) is 3.65. The van der Waals surface area contributed by atoms with Crippen molar-refractivity contribution in [2.45, 2.75) is 18.9 Å². The van der Waals surface area contributed by atoms with Gasteiger partial charge < -0.3 is 10.1 Å². The van der Waals surface area contributed by atoms with Gasteiger partial charge in [-0.05, 0) is 37.6 Å². The van der Waals surface area contributed by atoms with Crippen molar-refractivity contribution < 1.29 is 9.13 Å². The van der Waals surface area contributed by atoms with E-state index in [0.29, 0.717) is 12.3 Å². The molecule has 20 heavy (non-hydrogen) atoms. The number of rotatable bonds is 3. The summed E-state index contributed by atoms with van der Waals surface area (Å²) in [6.07, 6.45) is 3.64. The SMILES string of the molecule is CNC(c1cccc2c1OCCC2)c1ncccc1F. The van der Waals surface area contributed by atoms with Crippen molar-refractivity contribution in [1.82, 2.24) is 10.3 Å². The molecule has 4 heteroatoms. The molecule has 2 aromatic rings. The molecule has 0 bridgehead atoms. The summed E-state index contributed by atoms with van der Waals surface area (Å²) in [5.74, 6) is 0.573. The molecule has 0 radical (unpaired) electrons. The molecule has 1 N–H and O–H groups in total. The Morgan fingerprint density at radius 3 is 3.00 bits per heavy atom. The van der Waals surface area contributed by atoms with Crippen LogP contribution < -0.4 is 10.1 Å².